The van der Waals surface area contributed by atoms with Gasteiger partial charge in [0, 0.05) is 5.69 Å². The summed E-state index contributed by atoms with van der Waals surface area (Å²) < 4.78 is 0. The van der Waals surface area contributed by atoms with Crippen molar-refractivity contribution in [3.05, 3.63) is 66.2 Å². The summed E-state index contributed by atoms with van der Waals surface area (Å²) in [5, 5.41) is 8.75. The first-order valence-corrected chi connectivity index (χ1v) is 6.20. The van der Waals surface area contributed by atoms with E-state index in [2.05, 4.69) is 14.9 Å². The first-order chi connectivity index (χ1) is 9.88. The number of nitrogens with zero attached hydrogens (tertiary/aromatic N) is 3. The van der Waals surface area contributed by atoms with Crippen molar-refractivity contribution in [2.24, 2.45) is 9.98 Å². The summed E-state index contributed by atoms with van der Waals surface area (Å²) in [6, 6.07) is 19.5. The van der Waals surface area contributed by atoms with Crippen LogP contribution >= 0.6 is 0 Å². The molecule has 5 nitrogen and oxygen atoms in total. The van der Waals surface area contributed by atoms with Gasteiger partial charge >= 0.3 is 6.02 Å². The second-order valence-corrected chi connectivity index (χ2v) is 4.27. The number of anilines is 1. The molecule has 1 heterocycles. The molecule has 2 aromatic rings. The highest BCUT2D eigenvalue weighted by molar-refractivity contribution is 5.92. The Morgan fingerprint density at radius 1 is 0.950 bits per heavy atom. The number of hydrogen-bond donors (Lipinski definition) is 1. The van der Waals surface area contributed by atoms with Crippen LogP contribution < -0.4 is 4.90 Å². The molecular weight excluding hydrogens is 254 g/mol. The van der Waals surface area contributed by atoms with E-state index < -0.39 is 0 Å². The lowest BCUT2D eigenvalue weighted by molar-refractivity contribution is -0.156. The van der Waals surface area contributed by atoms with Crippen molar-refractivity contribution in [3.8, 4) is 0 Å². The molecule has 1 unspecified atom stereocenters. The van der Waals surface area contributed by atoms with Crippen molar-refractivity contribution >= 4 is 18.0 Å². The van der Waals surface area contributed by atoms with Crippen LogP contribution in [0.2, 0.25) is 0 Å². The molecule has 2 aromatic carbocycles. The Hall–Kier alpha value is -2.66. The van der Waals surface area contributed by atoms with E-state index >= 15 is 0 Å². The second-order valence-electron chi connectivity index (χ2n) is 4.27. The fourth-order valence-corrected chi connectivity index (χ4v) is 2.09. The zero-order chi connectivity index (χ0) is 13.8. The molecule has 0 bridgehead atoms. The molecule has 0 aromatic heterocycles. The maximum absolute atomic E-state index is 8.75. The minimum absolute atomic E-state index is 0.0500. The second kappa shape index (κ2) is 5.54. The predicted molar refractivity (Wildman–Crippen MR) is 77.7 cm³/mol. The lowest BCUT2D eigenvalue weighted by Crippen LogP contribution is -2.30. The third-order valence-corrected chi connectivity index (χ3v) is 3.02. The Labute approximate surface area is 116 Å². The van der Waals surface area contributed by atoms with Gasteiger partial charge in [0.1, 0.15) is 6.34 Å². The highest BCUT2D eigenvalue weighted by atomic mass is 17.1. The van der Waals surface area contributed by atoms with Crippen molar-refractivity contribution in [1.82, 2.24) is 0 Å². The van der Waals surface area contributed by atoms with Crippen LogP contribution in [-0.4, -0.2) is 17.6 Å². The molecule has 5 heteroatoms. The largest absolute Gasteiger partial charge is 0.352 e. The molecule has 1 atom stereocenters. The maximum atomic E-state index is 8.75. The Morgan fingerprint density at radius 2 is 1.60 bits per heavy atom. The summed E-state index contributed by atoms with van der Waals surface area (Å²) in [4.78, 5) is 14.3. The molecule has 0 aliphatic carbocycles. The number of aliphatic imine (C=N–C) groups is 2. The lowest BCUT2D eigenvalue weighted by atomic mass is 10.1. The van der Waals surface area contributed by atoms with E-state index in [1.165, 1.54) is 0 Å². The van der Waals surface area contributed by atoms with Gasteiger partial charge in [0.2, 0.25) is 0 Å². The number of hydrogen-bond acceptors (Lipinski definition) is 5. The number of para-hydroxylation sites is 1. The van der Waals surface area contributed by atoms with Gasteiger partial charge in [0.15, 0.2) is 6.17 Å². The normalized spacial score (nSPS) is 17.8. The number of amidine groups is 1. The zero-order valence-electron chi connectivity index (χ0n) is 10.6. The average molecular weight is 267 g/mol. The van der Waals surface area contributed by atoms with Crippen LogP contribution in [0.4, 0.5) is 5.69 Å². The van der Waals surface area contributed by atoms with Gasteiger partial charge in [-0.3, -0.25) is 4.89 Å². The molecule has 20 heavy (non-hydrogen) atoms. The quantitative estimate of drug-likeness (QED) is 0.672. The van der Waals surface area contributed by atoms with Crippen LogP contribution in [-0.2, 0) is 4.89 Å². The SMILES string of the molecule is OOC1=NC(c2ccccc2)N(c2ccccc2)C=N1. The van der Waals surface area contributed by atoms with Gasteiger partial charge in [0.25, 0.3) is 0 Å². The third kappa shape index (κ3) is 2.39. The molecule has 3 rings (SSSR count). The van der Waals surface area contributed by atoms with E-state index in [1.807, 2.05) is 65.6 Å². The van der Waals surface area contributed by atoms with Gasteiger partial charge in [-0.25, -0.2) is 4.99 Å². The Morgan fingerprint density at radius 3 is 2.25 bits per heavy atom. The molecule has 1 aliphatic rings. The highest BCUT2D eigenvalue weighted by Crippen LogP contribution is 2.29. The van der Waals surface area contributed by atoms with E-state index in [0.717, 1.165) is 11.3 Å². The van der Waals surface area contributed by atoms with Gasteiger partial charge in [0.05, 0.1) is 0 Å². The molecule has 0 spiro atoms. The van der Waals surface area contributed by atoms with Crippen molar-refractivity contribution in [1.29, 1.82) is 0 Å². The topological polar surface area (TPSA) is 57.4 Å². The molecule has 0 saturated heterocycles. The fraction of sp³-hybridized carbons (Fsp3) is 0.0667. The summed E-state index contributed by atoms with van der Waals surface area (Å²) in [7, 11) is 0. The summed E-state index contributed by atoms with van der Waals surface area (Å²) in [6.07, 6.45) is 1.28. The summed E-state index contributed by atoms with van der Waals surface area (Å²) >= 11 is 0. The van der Waals surface area contributed by atoms with E-state index in [9.17, 15) is 0 Å². The van der Waals surface area contributed by atoms with Crippen molar-refractivity contribution < 1.29 is 10.1 Å². The van der Waals surface area contributed by atoms with Crippen LogP contribution in [0.5, 0.6) is 0 Å². The van der Waals surface area contributed by atoms with E-state index in [0.29, 0.717) is 0 Å². The van der Waals surface area contributed by atoms with Crippen LogP contribution in [0.15, 0.2) is 70.6 Å². The van der Waals surface area contributed by atoms with Crippen LogP contribution in [0.25, 0.3) is 0 Å². The minimum atomic E-state index is -0.321. The maximum Gasteiger partial charge on any atom is 0.352 e. The van der Waals surface area contributed by atoms with Crippen molar-refractivity contribution in [2.75, 3.05) is 4.90 Å². The van der Waals surface area contributed by atoms with Crippen LogP contribution in [0, 0.1) is 0 Å². The standard InChI is InChI=1S/C15H13N3O2/c19-20-15-16-11-18(13-9-5-2-6-10-13)14(17-15)12-7-3-1-4-8-12/h1-11,14,19H. The molecular formula is C15H13N3O2. The molecule has 0 amide bonds. The summed E-state index contributed by atoms with van der Waals surface area (Å²) in [5.74, 6) is 0. The van der Waals surface area contributed by atoms with E-state index in [4.69, 9.17) is 5.26 Å². The smallest absolute Gasteiger partial charge is 0.305 e. The average Bonchev–Trinajstić information content (AvgIpc) is 2.56. The molecule has 1 aliphatic heterocycles. The third-order valence-electron chi connectivity index (χ3n) is 3.02. The van der Waals surface area contributed by atoms with E-state index in [-0.39, 0.29) is 12.2 Å². The zero-order valence-corrected chi connectivity index (χ0v) is 10.6. The molecule has 100 valence electrons. The summed E-state index contributed by atoms with van der Waals surface area (Å²) in [5.41, 5.74) is 1.95. The van der Waals surface area contributed by atoms with Gasteiger partial charge < -0.3 is 4.90 Å². The van der Waals surface area contributed by atoms with Gasteiger partial charge in [-0.1, -0.05) is 48.5 Å². The Bertz CT molecular complexity index is 626. The first-order valence-electron chi connectivity index (χ1n) is 6.20. The first kappa shape index (κ1) is 12.4. The molecule has 0 fully saturated rings. The molecule has 0 saturated carbocycles. The predicted octanol–water partition coefficient (Wildman–Crippen LogP) is 3.08. The monoisotopic (exact) mass is 267 g/mol. The summed E-state index contributed by atoms with van der Waals surface area (Å²) in [6.45, 7) is 0. The molecule has 1 N–H and O–H groups in total. The van der Waals surface area contributed by atoms with Crippen LogP contribution in [0.1, 0.15) is 11.7 Å². The lowest BCUT2D eigenvalue weighted by Gasteiger charge is -2.29. The van der Waals surface area contributed by atoms with Crippen molar-refractivity contribution in [2.45, 2.75) is 6.17 Å². The number of benzene rings is 2. The fourth-order valence-electron chi connectivity index (χ4n) is 2.09. The van der Waals surface area contributed by atoms with E-state index in [1.54, 1.807) is 6.34 Å². The highest BCUT2D eigenvalue weighted by Gasteiger charge is 2.23. The van der Waals surface area contributed by atoms with Gasteiger partial charge in [-0.15, -0.1) is 0 Å². The Balaban J connectivity index is 2.01. The number of rotatable bonds is 2. The van der Waals surface area contributed by atoms with Crippen LogP contribution in [0.3, 0.4) is 0 Å². The molecule has 0 radical (unpaired) electrons. The van der Waals surface area contributed by atoms with Crippen molar-refractivity contribution in [3.63, 3.8) is 0 Å². The van der Waals surface area contributed by atoms with Gasteiger partial charge in [-0.2, -0.15) is 10.2 Å². The Kier molecular flexibility index (Phi) is 3.43. The minimum Gasteiger partial charge on any atom is -0.305 e. The van der Waals surface area contributed by atoms with Gasteiger partial charge in [-0.05, 0) is 17.7 Å².